The average Bonchev–Trinajstić information content (AvgIpc) is 3.07. The number of aromatic nitrogens is 1. The van der Waals surface area contributed by atoms with Gasteiger partial charge in [0.25, 0.3) is 0 Å². The number of rotatable bonds is 2. The van der Waals surface area contributed by atoms with Crippen molar-refractivity contribution in [3.8, 4) is 11.3 Å². The van der Waals surface area contributed by atoms with Crippen LogP contribution in [0.1, 0.15) is 25.0 Å². The van der Waals surface area contributed by atoms with Gasteiger partial charge in [-0.3, -0.25) is 0 Å². The summed E-state index contributed by atoms with van der Waals surface area (Å²) in [6, 6.07) is 10.4. The van der Waals surface area contributed by atoms with Gasteiger partial charge in [-0.1, -0.05) is 49.0 Å². The van der Waals surface area contributed by atoms with Gasteiger partial charge < -0.3 is 4.52 Å². The van der Waals surface area contributed by atoms with Gasteiger partial charge in [0, 0.05) is 21.4 Å². The van der Waals surface area contributed by atoms with Crippen molar-refractivity contribution >= 4 is 23.1 Å². The van der Waals surface area contributed by atoms with Crippen molar-refractivity contribution in [1.82, 2.24) is 5.16 Å². The molecule has 3 aromatic rings. The smallest absolute Gasteiger partial charge is 0.172 e. The maximum absolute atomic E-state index is 5.58. The van der Waals surface area contributed by atoms with Crippen LogP contribution in [-0.2, 0) is 11.8 Å². The lowest BCUT2D eigenvalue weighted by atomic mass is 9.74. The maximum Gasteiger partial charge on any atom is 0.172 e. The molecule has 1 aliphatic rings. The molecule has 0 N–H and O–H groups in total. The number of hydrogen-bond donors (Lipinski definition) is 0. The molecule has 4 rings (SSSR count). The molecule has 0 fully saturated rings. The second-order valence-corrected chi connectivity index (χ2v) is 8.05. The van der Waals surface area contributed by atoms with Crippen LogP contribution in [0.15, 0.2) is 50.2 Å². The lowest BCUT2D eigenvalue weighted by Crippen LogP contribution is -2.23. The van der Waals surface area contributed by atoms with Crippen LogP contribution in [0.3, 0.4) is 0 Å². The van der Waals surface area contributed by atoms with Gasteiger partial charge in [0.2, 0.25) is 0 Å². The van der Waals surface area contributed by atoms with Crippen molar-refractivity contribution in [1.29, 1.82) is 0 Å². The number of benzene rings is 1. The lowest BCUT2D eigenvalue weighted by Gasteiger charge is -2.28. The SMILES string of the molecule is CC1(C)Cc2[c]sc(Sc3ccccc3)c2-c2oncc21. The zero-order valence-corrected chi connectivity index (χ0v) is 13.5. The largest absolute Gasteiger partial charge is 0.356 e. The molecule has 2 nitrogen and oxygen atoms in total. The van der Waals surface area contributed by atoms with Gasteiger partial charge in [-0.05, 0) is 29.5 Å². The molecule has 1 aromatic carbocycles. The minimum Gasteiger partial charge on any atom is -0.356 e. The van der Waals surface area contributed by atoms with Gasteiger partial charge in [-0.2, -0.15) is 0 Å². The van der Waals surface area contributed by atoms with Crippen molar-refractivity contribution < 1.29 is 4.52 Å². The Morgan fingerprint density at radius 3 is 2.90 bits per heavy atom. The molecule has 2 heterocycles. The Morgan fingerprint density at radius 1 is 1.29 bits per heavy atom. The van der Waals surface area contributed by atoms with Crippen molar-refractivity contribution in [2.24, 2.45) is 0 Å². The molecule has 0 saturated carbocycles. The minimum atomic E-state index is 0.0641. The highest BCUT2D eigenvalue weighted by Gasteiger charge is 2.36. The van der Waals surface area contributed by atoms with Crippen LogP contribution in [-0.4, -0.2) is 5.16 Å². The summed E-state index contributed by atoms with van der Waals surface area (Å²) in [5.41, 5.74) is 3.72. The molecule has 2 aromatic heterocycles. The average molecular weight is 312 g/mol. The molecule has 1 aliphatic carbocycles. The van der Waals surface area contributed by atoms with Gasteiger partial charge in [0.15, 0.2) is 5.76 Å². The van der Waals surface area contributed by atoms with Crippen molar-refractivity contribution in [3.63, 3.8) is 0 Å². The van der Waals surface area contributed by atoms with Gasteiger partial charge in [-0.15, -0.1) is 11.3 Å². The Hall–Kier alpha value is -1.52. The highest BCUT2D eigenvalue weighted by molar-refractivity contribution is 8.01. The third-order valence-electron chi connectivity index (χ3n) is 3.87. The highest BCUT2D eigenvalue weighted by atomic mass is 32.2. The minimum absolute atomic E-state index is 0.0641. The van der Waals surface area contributed by atoms with Crippen molar-refractivity contribution in [3.05, 3.63) is 53.0 Å². The Morgan fingerprint density at radius 2 is 2.10 bits per heavy atom. The molecular weight excluding hydrogens is 298 g/mol. The van der Waals surface area contributed by atoms with Crippen LogP contribution in [0.4, 0.5) is 0 Å². The summed E-state index contributed by atoms with van der Waals surface area (Å²) in [5, 5.41) is 7.50. The predicted molar refractivity (Wildman–Crippen MR) is 85.9 cm³/mol. The van der Waals surface area contributed by atoms with Gasteiger partial charge in [-0.25, -0.2) is 0 Å². The van der Waals surface area contributed by atoms with E-state index >= 15 is 0 Å². The molecule has 1 radical (unpaired) electrons. The lowest BCUT2D eigenvalue weighted by molar-refractivity contribution is 0.423. The summed E-state index contributed by atoms with van der Waals surface area (Å²) in [7, 11) is 0. The Labute approximate surface area is 132 Å². The van der Waals surface area contributed by atoms with Crippen LogP contribution < -0.4 is 0 Å². The molecule has 0 unspecified atom stereocenters. The number of nitrogens with zero attached hydrogens (tertiary/aromatic N) is 1. The van der Waals surface area contributed by atoms with Gasteiger partial charge in [0.05, 0.1) is 10.4 Å². The third-order valence-corrected chi connectivity index (χ3v) is 6.01. The molecule has 105 valence electrons. The highest BCUT2D eigenvalue weighted by Crippen LogP contribution is 2.50. The van der Waals surface area contributed by atoms with E-state index in [-0.39, 0.29) is 5.41 Å². The fourth-order valence-corrected chi connectivity index (χ4v) is 4.91. The van der Waals surface area contributed by atoms with Gasteiger partial charge in [0.1, 0.15) is 0 Å². The summed E-state index contributed by atoms with van der Waals surface area (Å²) in [6.07, 6.45) is 2.86. The van der Waals surface area contributed by atoms with Crippen LogP contribution >= 0.6 is 23.1 Å². The van der Waals surface area contributed by atoms with E-state index in [4.69, 9.17) is 4.52 Å². The third kappa shape index (κ3) is 2.14. The van der Waals surface area contributed by atoms with E-state index in [0.717, 1.165) is 12.2 Å². The summed E-state index contributed by atoms with van der Waals surface area (Å²) in [5.74, 6) is 0.928. The van der Waals surface area contributed by atoms with Crippen LogP contribution in [0.2, 0.25) is 0 Å². The molecule has 0 aliphatic heterocycles. The molecule has 0 amide bonds. The normalized spacial score (nSPS) is 15.5. The molecule has 0 saturated heterocycles. The first kappa shape index (κ1) is 13.2. The van der Waals surface area contributed by atoms with Crippen LogP contribution in [0, 0.1) is 5.38 Å². The number of hydrogen-bond acceptors (Lipinski definition) is 4. The first-order chi connectivity index (χ1) is 10.1. The van der Waals surface area contributed by atoms with E-state index < -0.39 is 0 Å². The summed E-state index contributed by atoms with van der Waals surface area (Å²) >= 11 is 3.45. The summed E-state index contributed by atoms with van der Waals surface area (Å²) in [4.78, 5) is 1.24. The van der Waals surface area contributed by atoms with Crippen molar-refractivity contribution in [2.75, 3.05) is 0 Å². The molecule has 0 atom stereocenters. The molecule has 0 spiro atoms. The zero-order chi connectivity index (χ0) is 14.4. The van der Waals surface area contributed by atoms with E-state index in [1.807, 2.05) is 12.3 Å². The molecule has 0 bridgehead atoms. The van der Waals surface area contributed by atoms with Gasteiger partial charge >= 0.3 is 0 Å². The summed E-state index contributed by atoms with van der Waals surface area (Å²) < 4.78 is 6.82. The van der Waals surface area contributed by atoms with Crippen LogP contribution in [0.25, 0.3) is 11.3 Å². The molecule has 21 heavy (non-hydrogen) atoms. The predicted octanol–water partition coefficient (Wildman–Crippen LogP) is 5.19. The molecule has 4 heteroatoms. The van der Waals surface area contributed by atoms with E-state index in [9.17, 15) is 0 Å². The van der Waals surface area contributed by atoms with E-state index in [1.165, 1.54) is 25.8 Å². The monoisotopic (exact) mass is 312 g/mol. The van der Waals surface area contributed by atoms with E-state index in [2.05, 4.69) is 48.6 Å². The maximum atomic E-state index is 5.58. The number of fused-ring (bicyclic) bond motifs is 3. The standard InChI is InChI=1S/C17H14NOS2/c1-17(2)8-11-10-20-16(21-12-6-4-3-5-7-12)14(11)15-13(17)9-18-19-15/h3-7,9H,8H2,1-2H3. The van der Waals surface area contributed by atoms with Crippen molar-refractivity contribution in [2.45, 2.75) is 34.8 Å². The first-order valence-corrected chi connectivity index (χ1v) is 8.50. The Kier molecular flexibility index (Phi) is 2.98. The fourth-order valence-electron chi connectivity index (χ4n) is 2.79. The Balaban J connectivity index is 1.81. The van der Waals surface area contributed by atoms with E-state index in [0.29, 0.717) is 0 Å². The van der Waals surface area contributed by atoms with E-state index in [1.54, 1.807) is 23.1 Å². The zero-order valence-electron chi connectivity index (χ0n) is 11.8. The topological polar surface area (TPSA) is 26.0 Å². The second kappa shape index (κ2) is 4.75. The first-order valence-electron chi connectivity index (χ1n) is 6.87. The van der Waals surface area contributed by atoms with Crippen LogP contribution in [0.5, 0.6) is 0 Å². The fraction of sp³-hybridized carbons (Fsp3) is 0.235. The quantitative estimate of drug-likeness (QED) is 0.651. The number of thiophene rings is 1. The Bertz CT molecular complexity index is 786. The summed E-state index contributed by atoms with van der Waals surface area (Å²) in [6.45, 7) is 4.48. The molecular formula is C17H14NOS2. The second-order valence-electron chi connectivity index (χ2n) is 5.89.